The molecule has 5 nitrogen and oxygen atoms in total. The minimum Gasteiger partial charge on any atom is -0.327 e. The highest BCUT2D eigenvalue weighted by molar-refractivity contribution is 6.29. The van der Waals surface area contributed by atoms with Gasteiger partial charge in [-0.1, -0.05) is 42.6 Å². The summed E-state index contributed by atoms with van der Waals surface area (Å²) in [5.74, 6) is 0. The first-order valence-corrected chi connectivity index (χ1v) is 10.2. The number of nitrogens with zero attached hydrogens (tertiary/aromatic N) is 2. The van der Waals surface area contributed by atoms with E-state index in [0.717, 1.165) is 53.9 Å². The molecule has 2 amide bonds. The predicted octanol–water partition coefficient (Wildman–Crippen LogP) is 5.70. The fraction of sp³-hybridized carbons (Fsp3) is 0.261. The number of aryl methyl sites for hydroxylation is 1. The summed E-state index contributed by atoms with van der Waals surface area (Å²) in [6, 6.07) is 17.1. The Morgan fingerprint density at radius 2 is 1.79 bits per heavy atom. The lowest BCUT2D eigenvalue weighted by molar-refractivity contribution is 0.235. The Morgan fingerprint density at radius 3 is 2.48 bits per heavy atom. The average molecular weight is 407 g/mol. The third kappa shape index (κ3) is 4.40. The first-order valence-electron chi connectivity index (χ1n) is 9.79. The molecule has 0 saturated heterocycles. The molecule has 2 heterocycles. The molecular formula is C23H23ClN4O. The Kier molecular flexibility index (Phi) is 5.49. The first kappa shape index (κ1) is 19.4. The molecule has 0 unspecified atom stereocenters. The van der Waals surface area contributed by atoms with Crippen LogP contribution in [0, 0.1) is 6.92 Å². The molecule has 1 fully saturated rings. The van der Waals surface area contributed by atoms with E-state index in [1.165, 1.54) is 0 Å². The number of aromatic nitrogens is 2. The summed E-state index contributed by atoms with van der Waals surface area (Å²) in [6.07, 6.45) is 5.61. The lowest BCUT2D eigenvalue weighted by atomic mass is 9.92. The standard InChI is InChI=1S/C23H23ClN4O/c1-16-15-18(11-14-25-16)17-7-9-19(10-8-17)26-22(29)28-23(12-2-3-13-23)20-5-4-6-21(24)27-20/h4-11,14-15H,2-3,12-13H2,1H3,(H2,26,28,29). The van der Waals surface area contributed by atoms with Gasteiger partial charge in [-0.15, -0.1) is 0 Å². The molecule has 2 aromatic heterocycles. The highest BCUT2D eigenvalue weighted by atomic mass is 35.5. The molecule has 0 bridgehead atoms. The number of urea groups is 1. The van der Waals surface area contributed by atoms with Gasteiger partial charge in [-0.05, 0) is 67.3 Å². The molecule has 0 atom stereocenters. The number of nitrogens with one attached hydrogen (secondary N) is 2. The van der Waals surface area contributed by atoms with Crippen LogP contribution in [0.3, 0.4) is 0 Å². The normalized spacial score (nSPS) is 15.1. The Hall–Kier alpha value is -2.92. The maximum Gasteiger partial charge on any atom is 0.319 e. The van der Waals surface area contributed by atoms with Crippen molar-refractivity contribution in [2.75, 3.05) is 5.32 Å². The van der Waals surface area contributed by atoms with E-state index in [0.29, 0.717) is 5.15 Å². The number of anilines is 1. The maximum atomic E-state index is 12.7. The molecule has 0 spiro atoms. The van der Waals surface area contributed by atoms with Crippen LogP contribution in [0.4, 0.5) is 10.5 Å². The van der Waals surface area contributed by atoms with Crippen LogP contribution >= 0.6 is 11.6 Å². The number of carbonyl (C=O) groups is 1. The fourth-order valence-corrected chi connectivity index (χ4v) is 4.11. The quantitative estimate of drug-likeness (QED) is 0.546. The van der Waals surface area contributed by atoms with E-state index in [9.17, 15) is 4.79 Å². The van der Waals surface area contributed by atoms with Crippen LogP contribution in [0.25, 0.3) is 11.1 Å². The number of amides is 2. The zero-order valence-electron chi connectivity index (χ0n) is 16.3. The molecule has 1 aliphatic carbocycles. The zero-order chi connectivity index (χ0) is 20.3. The summed E-state index contributed by atoms with van der Waals surface area (Å²) in [5.41, 5.74) is 4.25. The number of carbonyl (C=O) groups excluding carboxylic acids is 1. The van der Waals surface area contributed by atoms with Gasteiger partial charge in [0.1, 0.15) is 5.15 Å². The van der Waals surface area contributed by atoms with E-state index in [1.807, 2.05) is 55.5 Å². The molecule has 2 N–H and O–H groups in total. The molecule has 29 heavy (non-hydrogen) atoms. The molecule has 1 aliphatic rings. The number of hydrogen-bond acceptors (Lipinski definition) is 3. The highest BCUT2D eigenvalue weighted by Crippen LogP contribution is 2.38. The van der Waals surface area contributed by atoms with Gasteiger partial charge in [-0.25, -0.2) is 9.78 Å². The number of hydrogen-bond donors (Lipinski definition) is 2. The maximum absolute atomic E-state index is 12.7. The Balaban J connectivity index is 1.47. The van der Waals surface area contributed by atoms with Crippen molar-refractivity contribution >= 4 is 23.3 Å². The predicted molar refractivity (Wildman–Crippen MR) is 116 cm³/mol. The van der Waals surface area contributed by atoms with Gasteiger partial charge >= 0.3 is 6.03 Å². The molecule has 1 saturated carbocycles. The second-order valence-electron chi connectivity index (χ2n) is 7.48. The second-order valence-corrected chi connectivity index (χ2v) is 7.86. The van der Waals surface area contributed by atoms with Gasteiger partial charge in [0.15, 0.2) is 0 Å². The molecule has 6 heteroatoms. The van der Waals surface area contributed by atoms with E-state index in [2.05, 4.69) is 20.6 Å². The van der Waals surface area contributed by atoms with Crippen molar-refractivity contribution in [3.05, 3.63) is 77.3 Å². The number of benzene rings is 1. The molecular weight excluding hydrogens is 384 g/mol. The molecule has 1 aromatic carbocycles. The summed E-state index contributed by atoms with van der Waals surface area (Å²) in [4.78, 5) is 21.4. The zero-order valence-corrected chi connectivity index (χ0v) is 17.0. The molecule has 148 valence electrons. The van der Waals surface area contributed by atoms with E-state index in [4.69, 9.17) is 11.6 Å². The van der Waals surface area contributed by atoms with Crippen LogP contribution in [-0.4, -0.2) is 16.0 Å². The Labute approximate surface area is 175 Å². The summed E-state index contributed by atoms with van der Waals surface area (Å²) in [6.45, 7) is 1.97. The van der Waals surface area contributed by atoms with Gasteiger partial charge in [0.2, 0.25) is 0 Å². The molecule has 0 aliphatic heterocycles. The van der Waals surface area contributed by atoms with Crippen molar-refractivity contribution in [3.63, 3.8) is 0 Å². The van der Waals surface area contributed by atoms with Crippen molar-refractivity contribution in [1.82, 2.24) is 15.3 Å². The Morgan fingerprint density at radius 1 is 1.03 bits per heavy atom. The van der Waals surface area contributed by atoms with Crippen molar-refractivity contribution in [2.45, 2.75) is 38.1 Å². The Bertz CT molecular complexity index is 1010. The largest absolute Gasteiger partial charge is 0.327 e. The van der Waals surface area contributed by atoms with Gasteiger partial charge < -0.3 is 10.6 Å². The lowest BCUT2D eigenvalue weighted by Crippen LogP contribution is -2.46. The van der Waals surface area contributed by atoms with Crippen LogP contribution in [0.5, 0.6) is 0 Å². The van der Waals surface area contributed by atoms with Gasteiger partial charge in [0.25, 0.3) is 0 Å². The van der Waals surface area contributed by atoms with Crippen LogP contribution in [0.1, 0.15) is 37.1 Å². The molecule has 0 radical (unpaired) electrons. The van der Waals surface area contributed by atoms with Crippen LogP contribution < -0.4 is 10.6 Å². The van der Waals surface area contributed by atoms with Crippen molar-refractivity contribution < 1.29 is 4.79 Å². The monoisotopic (exact) mass is 406 g/mol. The smallest absolute Gasteiger partial charge is 0.319 e. The van der Waals surface area contributed by atoms with Crippen molar-refractivity contribution in [3.8, 4) is 11.1 Å². The number of halogens is 1. The van der Waals surface area contributed by atoms with Gasteiger partial charge in [0.05, 0.1) is 11.2 Å². The number of rotatable bonds is 4. The van der Waals surface area contributed by atoms with Crippen LogP contribution in [-0.2, 0) is 5.54 Å². The summed E-state index contributed by atoms with van der Waals surface area (Å²) >= 11 is 6.08. The number of pyridine rings is 2. The first-order chi connectivity index (χ1) is 14.0. The van der Waals surface area contributed by atoms with E-state index in [1.54, 1.807) is 12.3 Å². The second kappa shape index (κ2) is 8.21. The van der Waals surface area contributed by atoms with E-state index >= 15 is 0 Å². The SMILES string of the molecule is Cc1cc(-c2ccc(NC(=O)NC3(c4cccc(Cl)n4)CCCC3)cc2)ccn1. The lowest BCUT2D eigenvalue weighted by Gasteiger charge is -2.30. The molecule has 4 rings (SSSR count). The summed E-state index contributed by atoms with van der Waals surface area (Å²) in [7, 11) is 0. The van der Waals surface area contributed by atoms with Gasteiger partial charge in [-0.3, -0.25) is 4.98 Å². The van der Waals surface area contributed by atoms with E-state index < -0.39 is 5.54 Å². The fourth-order valence-electron chi connectivity index (χ4n) is 3.95. The van der Waals surface area contributed by atoms with E-state index in [-0.39, 0.29) is 6.03 Å². The van der Waals surface area contributed by atoms with Gasteiger partial charge in [0, 0.05) is 17.6 Å². The average Bonchev–Trinajstić information content (AvgIpc) is 3.18. The van der Waals surface area contributed by atoms with Crippen molar-refractivity contribution in [1.29, 1.82) is 0 Å². The highest BCUT2D eigenvalue weighted by Gasteiger charge is 2.38. The summed E-state index contributed by atoms with van der Waals surface area (Å²) < 4.78 is 0. The minimum absolute atomic E-state index is 0.235. The van der Waals surface area contributed by atoms with Crippen molar-refractivity contribution in [2.24, 2.45) is 0 Å². The minimum atomic E-state index is -0.469. The van der Waals surface area contributed by atoms with Crippen LogP contribution in [0.15, 0.2) is 60.8 Å². The topological polar surface area (TPSA) is 66.9 Å². The summed E-state index contributed by atoms with van der Waals surface area (Å²) in [5, 5.41) is 6.55. The van der Waals surface area contributed by atoms with Crippen LogP contribution in [0.2, 0.25) is 5.15 Å². The third-order valence-corrected chi connectivity index (χ3v) is 5.60. The van der Waals surface area contributed by atoms with Gasteiger partial charge in [-0.2, -0.15) is 0 Å². The third-order valence-electron chi connectivity index (χ3n) is 5.39. The molecule has 3 aromatic rings.